The van der Waals surface area contributed by atoms with Crippen molar-refractivity contribution in [1.29, 1.82) is 0 Å². The third-order valence-electron chi connectivity index (χ3n) is 6.05. The first kappa shape index (κ1) is 23.0. The van der Waals surface area contributed by atoms with E-state index >= 15 is 0 Å². The van der Waals surface area contributed by atoms with E-state index in [1.807, 2.05) is 0 Å². The van der Waals surface area contributed by atoms with Crippen LogP contribution in [0.1, 0.15) is 39.5 Å². The molecule has 5 N–H and O–H groups in total. The lowest BCUT2D eigenvalue weighted by molar-refractivity contribution is -0.248. The summed E-state index contributed by atoms with van der Waals surface area (Å²) in [5, 5.41) is 51.8. The number of ether oxygens (including phenoxy) is 3. The van der Waals surface area contributed by atoms with Crippen LogP contribution in [0.4, 0.5) is 0 Å². The van der Waals surface area contributed by atoms with Crippen LogP contribution in [0.2, 0.25) is 0 Å². The minimum absolute atomic E-state index is 0.0970. The van der Waals surface area contributed by atoms with Crippen molar-refractivity contribution >= 4 is 0 Å². The van der Waals surface area contributed by atoms with E-state index in [-0.39, 0.29) is 12.3 Å². The Balaban J connectivity index is 2.13. The minimum Gasteiger partial charge on any atom is -0.390 e. The van der Waals surface area contributed by atoms with Crippen molar-refractivity contribution in [3.63, 3.8) is 0 Å². The van der Waals surface area contributed by atoms with Gasteiger partial charge in [0.05, 0.1) is 24.4 Å². The molecule has 8 nitrogen and oxygen atoms in total. The molecular formula is C19H36O8. The van der Waals surface area contributed by atoms with Crippen LogP contribution in [0.3, 0.4) is 0 Å². The fourth-order valence-electron chi connectivity index (χ4n) is 4.21. The highest BCUT2D eigenvalue weighted by Crippen LogP contribution is 2.35. The van der Waals surface area contributed by atoms with E-state index in [1.54, 1.807) is 0 Å². The second-order valence-corrected chi connectivity index (χ2v) is 8.34. The highest BCUT2D eigenvalue weighted by atomic mass is 16.6. The van der Waals surface area contributed by atoms with E-state index in [9.17, 15) is 25.5 Å². The third kappa shape index (κ3) is 5.19. The molecule has 0 aromatic rings. The van der Waals surface area contributed by atoms with Gasteiger partial charge < -0.3 is 39.7 Å². The second kappa shape index (κ2) is 9.93. The Hall–Kier alpha value is -0.320. The van der Waals surface area contributed by atoms with E-state index in [4.69, 9.17) is 14.2 Å². The topological polar surface area (TPSA) is 129 Å². The molecule has 0 radical (unpaired) electrons. The zero-order valence-corrected chi connectivity index (χ0v) is 16.6. The lowest BCUT2D eigenvalue weighted by Gasteiger charge is -2.46. The average molecular weight is 392 g/mol. The van der Waals surface area contributed by atoms with Crippen LogP contribution in [0.25, 0.3) is 0 Å². The summed E-state index contributed by atoms with van der Waals surface area (Å²) < 4.78 is 16.5. The van der Waals surface area contributed by atoms with Crippen molar-refractivity contribution in [1.82, 2.24) is 0 Å². The summed E-state index contributed by atoms with van der Waals surface area (Å²) in [6, 6.07) is 0. The first-order valence-electron chi connectivity index (χ1n) is 9.82. The van der Waals surface area contributed by atoms with Crippen LogP contribution >= 0.6 is 0 Å². The summed E-state index contributed by atoms with van der Waals surface area (Å²) >= 11 is 0. The number of aliphatic hydroxyl groups is 5. The standard InChI is InChI=1S/C19H36O8/c1-9(2)5-6-10-7-11(25-3)17(23)19(14(10)20)27-13-8-12(26-4)15(21)18(24)16(13)22/h9-24H,5-8H2,1-4H3/t10-,11+,12+,13+,14+,15+,16+,17+,18+,19-/m1/s1. The Bertz CT molecular complexity index is 445. The molecule has 10 atom stereocenters. The Morgan fingerprint density at radius 2 is 1.30 bits per heavy atom. The molecule has 0 heterocycles. The van der Waals surface area contributed by atoms with E-state index in [2.05, 4.69) is 13.8 Å². The second-order valence-electron chi connectivity index (χ2n) is 8.34. The predicted molar refractivity (Wildman–Crippen MR) is 97.1 cm³/mol. The van der Waals surface area contributed by atoms with Crippen LogP contribution < -0.4 is 0 Å². The van der Waals surface area contributed by atoms with E-state index in [0.29, 0.717) is 12.3 Å². The Morgan fingerprint density at radius 1 is 0.741 bits per heavy atom. The first-order chi connectivity index (χ1) is 12.7. The summed E-state index contributed by atoms with van der Waals surface area (Å²) in [6.07, 6.45) is -6.62. The van der Waals surface area contributed by atoms with Gasteiger partial charge >= 0.3 is 0 Å². The van der Waals surface area contributed by atoms with Crippen molar-refractivity contribution in [3.8, 4) is 0 Å². The van der Waals surface area contributed by atoms with Gasteiger partial charge in [0, 0.05) is 20.6 Å². The zero-order valence-electron chi connectivity index (χ0n) is 16.6. The molecule has 2 saturated carbocycles. The molecule has 2 rings (SSSR count). The van der Waals surface area contributed by atoms with Gasteiger partial charge in [-0.25, -0.2) is 0 Å². The largest absolute Gasteiger partial charge is 0.390 e. The molecule has 0 bridgehead atoms. The van der Waals surface area contributed by atoms with Gasteiger partial charge in [0.25, 0.3) is 0 Å². The molecule has 2 fully saturated rings. The molecule has 0 aromatic carbocycles. The first-order valence-corrected chi connectivity index (χ1v) is 9.82. The van der Waals surface area contributed by atoms with Crippen LogP contribution in [-0.4, -0.2) is 94.7 Å². The Kier molecular flexibility index (Phi) is 8.45. The minimum atomic E-state index is -1.43. The van der Waals surface area contributed by atoms with Crippen molar-refractivity contribution in [3.05, 3.63) is 0 Å². The zero-order chi connectivity index (χ0) is 20.3. The summed E-state index contributed by atoms with van der Waals surface area (Å²) in [5.74, 6) is 0.392. The van der Waals surface area contributed by atoms with Crippen LogP contribution in [0.5, 0.6) is 0 Å². The molecule has 0 unspecified atom stereocenters. The SMILES string of the molecule is CO[C@H]1C[C@H](O[C@H]2[C@@H](O)[C@@H](OC)C[C@@H](CCC(C)C)[C@@H]2O)[C@H](O)[C@@H](O)[C@H]1O. The number of methoxy groups -OCH3 is 2. The van der Waals surface area contributed by atoms with E-state index < -0.39 is 54.9 Å². The number of hydrogen-bond acceptors (Lipinski definition) is 8. The molecule has 2 aliphatic rings. The maximum Gasteiger partial charge on any atom is 0.112 e. The molecular weight excluding hydrogens is 356 g/mol. The maximum absolute atomic E-state index is 10.8. The van der Waals surface area contributed by atoms with Gasteiger partial charge in [0.2, 0.25) is 0 Å². The summed E-state index contributed by atoms with van der Waals surface area (Å²) in [7, 11) is 2.92. The molecule has 0 saturated heterocycles. The molecule has 0 aliphatic heterocycles. The van der Waals surface area contributed by atoms with Crippen molar-refractivity contribution in [2.75, 3.05) is 14.2 Å². The van der Waals surface area contributed by atoms with Gasteiger partial charge in [-0.05, 0) is 24.7 Å². The fraction of sp³-hybridized carbons (Fsp3) is 1.00. The number of rotatable bonds is 7. The Morgan fingerprint density at radius 3 is 1.85 bits per heavy atom. The van der Waals surface area contributed by atoms with Gasteiger partial charge in [-0.2, -0.15) is 0 Å². The van der Waals surface area contributed by atoms with E-state index in [0.717, 1.165) is 12.8 Å². The molecule has 0 amide bonds. The molecule has 2 aliphatic carbocycles. The smallest absolute Gasteiger partial charge is 0.112 e. The summed E-state index contributed by atoms with van der Waals surface area (Å²) in [6.45, 7) is 4.23. The maximum atomic E-state index is 10.8. The quantitative estimate of drug-likeness (QED) is 0.390. The predicted octanol–water partition coefficient (Wildman–Crippen LogP) is -0.565. The number of aliphatic hydroxyl groups excluding tert-OH is 5. The van der Waals surface area contributed by atoms with Crippen LogP contribution in [0.15, 0.2) is 0 Å². The Labute approximate surface area is 161 Å². The molecule has 27 heavy (non-hydrogen) atoms. The van der Waals surface area contributed by atoms with Gasteiger partial charge in [0.15, 0.2) is 0 Å². The van der Waals surface area contributed by atoms with Crippen LogP contribution in [0, 0.1) is 11.8 Å². The monoisotopic (exact) mass is 392 g/mol. The average Bonchev–Trinajstić information content (AvgIpc) is 2.64. The van der Waals surface area contributed by atoms with Crippen LogP contribution in [-0.2, 0) is 14.2 Å². The fourth-order valence-corrected chi connectivity index (χ4v) is 4.21. The van der Waals surface area contributed by atoms with Gasteiger partial charge in [0.1, 0.15) is 30.5 Å². The number of hydrogen-bond donors (Lipinski definition) is 5. The summed E-state index contributed by atoms with van der Waals surface area (Å²) in [5.41, 5.74) is 0. The van der Waals surface area contributed by atoms with Gasteiger partial charge in [-0.15, -0.1) is 0 Å². The molecule has 0 spiro atoms. The molecule has 8 heteroatoms. The van der Waals surface area contributed by atoms with Crippen molar-refractivity contribution in [2.45, 2.75) is 94.5 Å². The highest BCUT2D eigenvalue weighted by molar-refractivity contribution is 4.99. The normalized spacial score (nSPS) is 46.0. The molecule has 160 valence electrons. The lowest BCUT2D eigenvalue weighted by Crippen LogP contribution is -2.61. The molecule has 0 aromatic heterocycles. The van der Waals surface area contributed by atoms with Crippen molar-refractivity contribution in [2.24, 2.45) is 11.8 Å². The van der Waals surface area contributed by atoms with Crippen molar-refractivity contribution < 1.29 is 39.7 Å². The summed E-state index contributed by atoms with van der Waals surface area (Å²) in [4.78, 5) is 0. The van der Waals surface area contributed by atoms with Gasteiger partial charge in [-0.3, -0.25) is 0 Å². The van der Waals surface area contributed by atoms with Gasteiger partial charge in [-0.1, -0.05) is 20.3 Å². The van der Waals surface area contributed by atoms with E-state index in [1.165, 1.54) is 14.2 Å². The lowest BCUT2D eigenvalue weighted by atomic mass is 9.77. The highest BCUT2D eigenvalue weighted by Gasteiger charge is 2.49. The third-order valence-corrected chi connectivity index (χ3v) is 6.05.